The summed E-state index contributed by atoms with van der Waals surface area (Å²) in [5.74, 6) is -0.638. The molecule has 140 valence electrons. The normalized spacial score (nSPS) is 19.7. The number of carbonyl (C=O) groups excluding carboxylic acids is 1. The molecule has 1 aromatic rings. The molecule has 9 heteroatoms. The maximum atomic E-state index is 12.8. The Bertz CT molecular complexity index is 594. The van der Waals surface area contributed by atoms with Crippen molar-refractivity contribution in [2.24, 2.45) is 0 Å². The van der Waals surface area contributed by atoms with Crippen LogP contribution in [-0.2, 0) is 17.1 Å². The van der Waals surface area contributed by atoms with Crippen molar-refractivity contribution in [3.05, 3.63) is 29.3 Å². The third-order valence-corrected chi connectivity index (χ3v) is 4.16. The molecule has 0 radical (unpaired) electrons. The van der Waals surface area contributed by atoms with Crippen molar-refractivity contribution in [2.75, 3.05) is 18.4 Å². The van der Waals surface area contributed by atoms with Crippen molar-refractivity contribution in [1.82, 2.24) is 4.90 Å². The molecule has 3 nitrogen and oxygen atoms in total. The lowest BCUT2D eigenvalue weighted by Gasteiger charge is -2.32. The number of halogens is 6. The maximum Gasteiger partial charge on any atom is 0.416 e. The Labute approximate surface area is 141 Å². The standard InChI is InChI=1S/C16H18F6N2O/c1-10-4-2-3-5-24(10)9-14(25)23-13-7-11(15(17,18)19)6-12(8-13)16(20,21)22/h6-8,10H,2-5,9H2,1H3,(H,23,25)/t10-/m1/s1. The topological polar surface area (TPSA) is 32.3 Å². The molecule has 1 aromatic carbocycles. The average molecular weight is 368 g/mol. The molecule has 1 N–H and O–H groups in total. The number of hydrogen-bond acceptors (Lipinski definition) is 2. The summed E-state index contributed by atoms with van der Waals surface area (Å²) in [6.07, 6.45) is -7.05. The molecule has 1 aliphatic heterocycles. The monoisotopic (exact) mass is 368 g/mol. The summed E-state index contributed by atoms with van der Waals surface area (Å²) < 4.78 is 76.9. The number of nitrogens with one attached hydrogen (secondary N) is 1. The number of amides is 1. The number of nitrogens with zero attached hydrogens (tertiary/aromatic N) is 1. The number of alkyl halides is 6. The largest absolute Gasteiger partial charge is 0.416 e. The minimum absolute atomic E-state index is 0.0301. The van der Waals surface area contributed by atoms with Crippen LogP contribution in [0.25, 0.3) is 0 Å². The SMILES string of the molecule is C[C@@H]1CCCCN1CC(=O)Nc1cc(C(F)(F)F)cc(C(F)(F)F)c1. The van der Waals surface area contributed by atoms with E-state index in [4.69, 9.17) is 0 Å². The molecule has 1 amide bonds. The number of carbonyl (C=O) groups is 1. The van der Waals surface area contributed by atoms with E-state index in [1.165, 1.54) is 0 Å². The van der Waals surface area contributed by atoms with Gasteiger partial charge in [0.15, 0.2) is 0 Å². The fourth-order valence-electron chi connectivity index (χ4n) is 2.80. The second-order valence-corrected chi connectivity index (χ2v) is 6.16. The molecule has 0 aromatic heterocycles. The number of benzene rings is 1. The van der Waals surface area contributed by atoms with Crippen LogP contribution in [0.1, 0.15) is 37.3 Å². The van der Waals surface area contributed by atoms with Gasteiger partial charge in [-0.1, -0.05) is 6.42 Å². The molecule has 0 saturated carbocycles. The molecule has 0 spiro atoms. The zero-order chi connectivity index (χ0) is 18.8. The fourth-order valence-corrected chi connectivity index (χ4v) is 2.80. The van der Waals surface area contributed by atoms with Gasteiger partial charge in [-0.3, -0.25) is 9.69 Å². The first-order valence-corrected chi connectivity index (χ1v) is 7.80. The molecule has 0 aliphatic carbocycles. The van der Waals surface area contributed by atoms with Crippen LogP contribution >= 0.6 is 0 Å². The molecule has 0 bridgehead atoms. The van der Waals surface area contributed by atoms with E-state index in [9.17, 15) is 31.1 Å². The Balaban J connectivity index is 2.18. The molecule has 1 heterocycles. The highest BCUT2D eigenvalue weighted by atomic mass is 19.4. The highest BCUT2D eigenvalue weighted by Gasteiger charge is 2.37. The molecule has 2 rings (SSSR count). The summed E-state index contributed by atoms with van der Waals surface area (Å²) in [7, 11) is 0. The van der Waals surface area contributed by atoms with Crippen molar-refractivity contribution in [3.63, 3.8) is 0 Å². The summed E-state index contributed by atoms with van der Waals surface area (Å²) in [4.78, 5) is 13.9. The van der Waals surface area contributed by atoms with Gasteiger partial charge in [0.2, 0.25) is 5.91 Å². The molecule has 25 heavy (non-hydrogen) atoms. The first-order chi connectivity index (χ1) is 11.5. The summed E-state index contributed by atoms with van der Waals surface area (Å²) in [5.41, 5.74) is -3.43. The Hall–Kier alpha value is -1.77. The van der Waals surface area contributed by atoms with Crippen molar-refractivity contribution in [2.45, 2.75) is 44.6 Å². The Morgan fingerprint density at radius 3 is 2.12 bits per heavy atom. The second kappa shape index (κ2) is 7.23. The van der Waals surface area contributed by atoms with Gasteiger partial charge >= 0.3 is 12.4 Å². The lowest BCUT2D eigenvalue weighted by Crippen LogP contribution is -2.42. The van der Waals surface area contributed by atoms with Gasteiger partial charge < -0.3 is 5.32 Å². The van der Waals surface area contributed by atoms with Crippen LogP contribution in [0.5, 0.6) is 0 Å². The van der Waals surface area contributed by atoms with Crippen molar-refractivity contribution < 1.29 is 31.1 Å². The summed E-state index contributed by atoms with van der Waals surface area (Å²) in [6.45, 7) is 2.53. The van der Waals surface area contributed by atoms with E-state index in [1.807, 2.05) is 11.8 Å². The smallest absolute Gasteiger partial charge is 0.325 e. The van der Waals surface area contributed by atoms with Crippen LogP contribution in [0, 0.1) is 0 Å². The lowest BCUT2D eigenvalue weighted by atomic mass is 10.0. The second-order valence-electron chi connectivity index (χ2n) is 6.16. The van der Waals surface area contributed by atoms with Crippen molar-refractivity contribution in [3.8, 4) is 0 Å². The molecule has 1 aliphatic rings. The minimum atomic E-state index is -4.94. The fraction of sp³-hybridized carbons (Fsp3) is 0.562. The molecule has 1 saturated heterocycles. The molecule has 1 atom stereocenters. The highest BCUT2D eigenvalue weighted by molar-refractivity contribution is 5.92. The van der Waals surface area contributed by atoms with Gasteiger partial charge in [0.1, 0.15) is 0 Å². The van der Waals surface area contributed by atoms with Crippen LogP contribution in [-0.4, -0.2) is 29.9 Å². The van der Waals surface area contributed by atoms with Gasteiger partial charge in [-0.05, 0) is 44.5 Å². The number of piperidine rings is 1. The molecule has 1 fully saturated rings. The van der Waals surface area contributed by atoms with Crippen molar-refractivity contribution >= 4 is 11.6 Å². The third kappa shape index (κ3) is 5.35. The van der Waals surface area contributed by atoms with Gasteiger partial charge in [-0.25, -0.2) is 0 Å². The van der Waals surface area contributed by atoms with E-state index < -0.39 is 35.1 Å². The molecular weight excluding hydrogens is 350 g/mol. The Morgan fingerprint density at radius 1 is 1.08 bits per heavy atom. The first kappa shape index (κ1) is 19.6. The van der Waals surface area contributed by atoms with E-state index in [2.05, 4.69) is 5.32 Å². The van der Waals surface area contributed by atoms with Crippen LogP contribution in [0.4, 0.5) is 32.0 Å². The predicted octanol–water partition coefficient (Wildman–Crippen LogP) is 4.54. The van der Waals surface area contributed by atoms with Crippen LogP contribution < -0.4 is 5.32 Å². The number of anilines is 1. The maximum absolute atomic E-state index is 12.8. The predicted molar refractivity (Wildman–Crippen MR) is 80.0 cm³/mol. The molecular formula is C16H18F6N2O. The Kier molecular flexibility index (Phi) is 5.65. The summed E-state index contributed by atoms with van der Waals surface area (Å²) in [6, 6.07) is 1.19. The van der Waals surface area contributed by atoms with Crippen LogP contribution in [0.15, 0.2) is 18.2 Å². The van der Waals surface area contributed by atoms with Gasteiger partial charge in [-0.2, -0.15) is 26.3 Å². The Morgan fingerprint density at radius 2 is 1.64 bits per heavy atom. The summed E-state index contributed by atoms with van der Waals surface area (Å²) >= 11 is 0. The average Bonchev–Trinajstić information content (AvgIpc) is 2.47. The van der Waals surface area contributed by atoms with Crippen LogP contribution in [0.3, 0.4) is 0 Å². The zero-order valence-electron chi connectivity index (χ0n) is 13.5. The van der Waals surface area contributed by atoms with Gasteiger partial charge in [-0.15, -0.1) is 0 Å². The highest BCUT2D eigenvalue weighted by Crippen LogP contribution is 2.37. The molecule has 0 unspecified atom stereocenters. The van der Waals surface area contributed by atoms with E-state index in [0.29, 0.717) is 18.7 Å². The first-order valence-electron chi connectivity index (χ1n) is 7.80. The lowest BCUT2D eigenvalue weighted by molar-refractivity contribution is -0.143. The van der Waals surface area contributed by atoms with E-state index in [1.54, 1.807) is 0 Å². The van der Waals surface area contributed by atoms with Gasteiger partial charge in [0, 0.05) is 11.7 Å². The quantitative estimate of drug-likeness (QED) is 0.795. The zero-order valence-corrected chi connectivity index (χ0v) is 13.5. The van der Waals surface area contributed by atoms with Crippen molar-refractivity contribution in [1.29, 1.82) is 0 Å². The number of likely N-dealkylation sites (tertiary alicyclic amines) is 1. The minimum Gasteiger partial charge on any atom is -0.325 e. The van der Waals surface area contributed by atoms with E-state index >= 15 is 0 Å². The van der Waals surface area contributed by atoms with E-state index in [-0.39, 0.29) is 18.7 Å². The van der Waals surface area contributed by atoms with E-state index in [0.717, 1.165) is 19.3 Å². The van der Waals surface area contributed by atoms with Gasteiger partial charge in [0.25, 0.3) is 0 Å². The third-order valence-electron chi connectivity index (χ3n) is 4.16. The number of rotatable bonds is 3. The summed E-state index contributed by atoms with van der Waals surface area (Å²) in [5, 5.41) is 2.15. The number of hydrogen-bond donors (Lipinski definition) is 1. The van der Waals surface area contributed by atoms with Gasteiger partial charge in [0.05, 0.1) is 17.7 Å². The van der Waals surface area contributed by atoms with Crippen LogP contribution in [0.2, 0.25) is 0 Å².